The van der Waals surface area contributed by atoms with Gasteiger partial charge in [-0.3, -0.25) is 10.1 Å². The van der Waals surface area contributed by atoms with E-state index >= 15 is 0 Å². The van der Waals surface area contributed by atoms with Crippen LogP contribution < -0.4 is 0 Å². The van der Waals surface area contributed by atoms with Gasteiger partial charge in [-0.1, -0.05) is 23.7 Å². The van der Waals surface area contributed by atoms with Gasteiger partial charge in [0.1, 0.15) is 0 Å². The quantitative estimate of drug-likeness (QED) is 0.439. The lowest BCUT2D eigenvalue weighted by Gasteiger charge is -1.99. The van der Waals surface area contributed by atoms with Crippen molar-refractivity contribution in [2.45, 2.75) is 6.92 Å². The zero-order chi connectivity index (χ0) is 11.4. The van der Waals surface area contributed by atoms with Crippen LogP contribution in [0.3, 0.4) is 0 Å². The van der Waals surface area contributed by atoms with Crippen LogP contribution in [0.1, 0.15) is 12.5 Å². The van der Waals surface area contributed by atoms with Crippen molar-refractivity contribution in [2.75, 3.05) is 0 Å². The Bertz CT molecular complexity index is 475. The summed E-state index contributed by atoms with van der Waals surface area (Å²) in [7, 11) is 0. The molecule has 0 fully saturated rings. The Balaban J connectivity index is 3.24. The number of nitrogens with zero attached hydrogens (tertiary/aromatic N) is 2. The van der Waals surface area contributed by atoms with E-state index in [0.717, 1.165) is 0 Å². The van der Waals surface area contributed by atoms with Gasteiger partial charge in [-0.25, -0.2) is 0 Å². The SMILES string of the molecule is CC(C#N)=C(Cl)c1cccc([N+](=O)[O-])c1. The molecule has 4 nitrogen and oxygen atoms in total. The molecule has 5 heteroatoms. The minimum atomic E-state index is -0.505. The lowest BCUT2D eigenvalue weighted by atomic mass is 10.1. The van der Waals surface area contributed by atoms with Gasteiger partial charge in [-0.05, 0) is 6.92 Å². The molecule has 0 radical (unpaired) electrons. The molecule has 0 aliphatic carbocycles. The van der Waals surface area contributed by atoms with Crippen LogP contribution in [0.4, 0.5) is 5.69 Å². The Hall–Kier alpha value is -1.86. The van der Waals surface area contributed by atoms with Crippen molar-refractivity contribution in [2.24, 2.45) is 0 Å². The number of hydrogen-bond acceptors (Lipinski definition) is 3. The fourth-order valence-corrected chi connectivity index (χ4v) is 1.18. The maximum absolute atomic E-state index is 10.5. The van der Waals surface area contributed by atoms with E-state index in [1.807, 2.05) is 6.07 Å². The van der Waals surface area contributed by atoms with Gasteiger partial charge in [0.2, 0.25) is 0 Å². The van der Waals surface area contributed by atoms with E-state index in [-0.39, 0.29) is 10.7 Å². The van der Waals surface area contributed by atoms with Gasteiger partial charge >= 0.3 is 0 Å². The topological polar surface area (TPSA) is 66.9 Å². The third kappa shape index (κ3) is 2.55. The normalized spacial score (nSPS) is 11.5. The van der Waals surface area contributed by atoms with Gasteiger partial charge in [-0.15, -0.1) is 0 Å². The first-order chi connectivity index (χ1) is 7.06. The number of nitriles is 1. The minimum Gasteiger partial charge on any atom is -0.258 e. The number of allylic oxidation sites excluding steroid dienone is 1. The highest BCUT2D eigenvalue weighted by Crippen LogP contribution is 2.25. The Labute approximate surface area is 91.6 Å². The third-order valence-corrected chi connectivity index (χ3v) is 2.31. The van der Waals surface area contributed by atoms with Crippen molar-refractivity contribution < 1.29 is 4.92 Å². The highest BCUT2D eigenvalue weighted by molar-refractivity contribution is 6.49. The van der Waals surface area contributed by atoms with Crippen LogP contribution in [0.5, 0.6) is 0 Å². The number of hydrogen-bond donors (Lipinski definition) is 0. The fourth-order valence-electron chi connectivity index (χ4n) is 1.02. The summed E-state index contributed by atoms with van der Waals surface area (Å²) in [4.78, 5) is 9.99. The van der Waals surface area contributed by atoms with Gasteiger partial charge in [0.05, 0.1) is 16.0 Å². The summed E-state index contributed by atoms with van der Waals surface area (Å²) in [5, 5.41) is 19.4. The molecule has 0 bridgehead atoms. The fraction of sp³-hybridized carbons (Fsp3) is 0.100. The van der Waals surface area contributed by atoms with E-state index in [2.05, 4.69) is 0 Å². The van der Waals surface area contributed by atoms with Crippen molar-refractivity contribution in [3.8, 4) is 6.07 Å². The van der Waals surface area contributed by atoms with Gasteiger partial charge in [0, 0.05) is 23.3 Å². The highest BCUT2D eigenvalue weighted by Gasteiger charge is 2.09. The van der Waals surface area contributed by atoms with Crippen LogP contribution in [-0.2, 0) is 0 Å². The first-order valence-electron chi connectivity index (χ1n) is 4.07. The van der Waals surface area contributed by atoms with Gasteiger partial charge in [0.25, 0.3) is 5.69 Å². The molecule has 1 aromatic carbocycles. The summed E-state index contributed by atoms with van der Waals surface area (Å²) in [6.07, 6.45) is 0. The zero-order valence-corrected chi connectivity index (χ0v) is 8.65. The first-order valence-corrected chi connectivity index (χ1v) is 4.45. The number of benzene rings is 1. The van der Waals surface area contributed by atoms with Gasteiger partial charge in [-0.2, -0.15) is 5.26 Å². The average molecular weight is 223 g/mol. The molecule has 76 valence electrons. The summed E-state index contributed by atoms with van der Waals surface area (Å²) < 4.78 is 0. The molecule has 0 spiro atoms. The molecule has 0 aliphatic rings. The molecule has 0 aromatic heterocycles. The van der Waals surface area contributed by atoms with E-state index in [9.17, 15) is 10.1 Å². The zero-order valence-electron chi connectivity index (χ0n) is 7.90. The van der Waals surface area contributed by atoms with Crippen molar-refractivity contribution in [3.63, 3.8) is 0 Å². The predicted octanol–water partition coefficient (Wildman–Crippen LogP) is 3.09. The number of non-ortho nitro benzene ring substituents is 1. The Morgan fingerprint density at radius 2 is 2.27 bits per heavy atom. The first kappa shape index (κ1) is 11.2. The van der Waals surface area contributed by atoms with Gasteiger partial charge < -0.3 is 0 Å². The van der Waals surface area contributed by atoms with E-state index in [4.69, 9.17) is 16.9 Å². The number of rotatable bonds is 2. The van der Waals surface area contributed by atoms with Crippen LogP contribution in [0.25, 0.3) is 5.03 Å². The summed E-state index contributed by atoms with van der Waals surface area (Å²) in [5.74, 6) is 0. The molecule has 0 unspecified atom stereocenters. The molecule has 0 saturated carbocycles. The second kappa shape index (κ2) is 4.58. The minimum absolute atomic E-state index is 0.0450. The summed E-state index contributed by atoms with van der Waals surface area (Å²) in [5.41, 5.74) is 0.762. The smallest absolute Gasteiger partial charge is 0.258 e. The van der Waals surface area contributed by atoms with E-state index in [0.29, 0.717) is 11.1 Å². The van der Waals surface area contributed by atoms with Crippen LogP contribution in [0, 0.1) is 21.4 Å². The van der Waals surface area contributed by atoms with E-state index in [1.165, 1.54) is 18.2 Å². The number of halogens is 1. The second-order valence-corrected chi connectivity index (χ2v) is 3.24. The lowest BCUT2D eigenvalue weighted by molar-refractivity contribution is -0.384. The lowest BCUT2D eigenvalue weighted by Crippen LogP contribution is -1.89. The second-order valence-electron chi connectivity index (χ2n) is 2.86. The van der Waals surface area contributed by atoms with Crippen molar-refractivity contribution in [1.82, 2.24) is 0 Å². The van der Waals surface area contributed by atoms with Crippen LogP contribution in [0.2, 0.25) is 0 Å². The van der Waals surface area contributed by atoms with Crippen molar-refractivity contribution in [1.29, 1.82) is 5.26 Å². The maximum Gasteiger partial charge on any atom is 0.270 e. The average Bonchev–Trinajstić information content (AvgIpc) is 2.27. The Morgan fingerprint density at radius 3 is 2.80 bits per heavy atom. The Kier molecular flexibility index (Phi) is 3.42. The molecule has 1 aromatic rings. The van der Waals surface area contributed by atoms with Crippen molar-refractivity contribution >= 4 is 22.3 Å². The standard InChI is InChI=1S/C10H7ClN2O2/c1-7(6-12)10(11)8-3-2-4-9(5-8)13(14)15/h2-5H,1H3. The monoisotopic (exact) mass is 222 g/mol. The molecular weight excluding hydrogens is 216 g/mol. The molecule has 1 rings (SSSR count). The third-order valence-electron chi connectivity index (χ3n) is 1.81. The summed E-state index contributed by atoms with van der Waals surface area (Å²) >= 11 is 5.87. The molecule has 15 heavy (non-hydrogen) atoms. The maximum atomic E-state index is 10.5. The largest absolute Gasteiger partial charge is 0.270 e. The van der Waals surface area contributed by atoms with Crippen LogP contribution in [-0.4, -0.2) is 4.92 Å². The summed E-state index contributed by atoms with van der Waals surface area (Å²) in [6, 6.07) is 7.75. The molecule has 0 N–H and O–H groups in total. The van der Waals surface area contributed by atoms with Crippen LogP contribution in [0.15, 0.2) is 29.8 Å². The molecule has 0 atom stereocenters. The molecule has 0 heterocycles. The molecular formula is C10H7ClN2O2. The predicted molar refractivity (Wildman–Crippen MR) is 57.2 cm³/mol. The molecule has 0 amide bonds. The van der Waals surface area contributed by atoms with Crippen molar-refractivity contribution in [3.05, 3.63) is 45.5 Å². The molecule has 0 saturated heterocycles. The van der Waals surface area contributed by atoms with E-state index in [1.54, 1.807) is 13.0 Å². The molecule has 0 aliphatic heterocycles. The Morgan fingerprint density at radius 1 is 1.60 bits per heavy atom. The van der Waals surface area contributed by atoms with Gasteiger partial charge in [0.15, 0.2) is 0 Å². The van der Waals surface area contributed by atoms with E-state index < -0.39 is 4.92 Å². The number of nitro benzene ring substituents is 1. The number of nitro groups is 1. The summed E-state index contributed by atoms with van der Waals surface area (Å²) in [6.45, 7) is 1.56. The highest BCUT2D eigenvalue weighted by atomic mass is 35.5. The van der Waals surface area contributed by atoms with Crippen LogP contribution >= 0.6 is 11.6 Å².